The van der Waals surface area contributed by atoms with Crippen LogP contribution in [-0.2, 0) is 0 Å². The Balaban J connectivity index is 3.01. The van der Waals surface area contributed by atoms with Gasteiger partial charge in [0.05, 0.1) is 0 Å². The van der Waals surface area contributed by atoms with Crippen molar-refractivity contribution < 1.29 is 9.50 Å². The Bertz CT molecular complexity index is 398. The number of nitrogens with zero attached hydrogens (tertiary/aromatic N) is 1. The van der Waals surface area contributed by atoms with E-state index in [-0.39, 0.29) is 18.5 Å². The third-order valence-corrected chi connectivity index (χ3v) is 3.47. The van der Waals surface area contributed by atoms with Crippen molar-refractivity contribution in [2.45, 2.75) is 39.7 Å². The van der Waals surface area contributed by atoms with Gasteiger partial charge < -0.3 is 15.3 Å². The van der Waals surface area contributed by atoms with E-state index in [1.54, 1.807) is 6.07 Å². The monoisotopic (exact) mass is 282 g/mol. The Morgan fingerprint density at radius 3 is 2.70 bits per heavy atom. The third-order valence-electron chi connectivity index (χ3n) is 3.47. The molecule has 0 saturated heterocycles. The SMILES string of the molecule is CCCNC(C)c1c(F)cccc1N(CC)CCCO. The molecule has 0 fully saturated rings. The predicted molar refractivity (Wildman–Crippen MR) is 82.7 cm³/mol. The molecule has 4 heteroatoms. The lowest BCUT2D eigenvalue weighted by molar-refractivity contribution is 0.289. The van der Waals surface area contributed by atoms with Gasteiger partial charge in [0.25, 0.3) is 0 Å². The van der Waals surface area contributed by atoms with Gasteiger partial charge in [-0.1, -0.05) is 13.0 Å². The van der Waals surface area contributed by atoms with Crippen LogP contribution in [0.2, 0.25) is 0 Å². The van der Waals surface area contributed by atoms with E-state index in [1.807, 2.05) is 13.0 Å². The van der Waals surface area contributed by atoms with Crippen LogP contribution in [0.4, 0.5) is 10.1 Å². The number of nitrogens with one attached hydrogen (secondary N) is 1. The molecule has 0 spiro atoms. The van der Waals surface area contributed by atoms with Crippen molar-refractivity contribution >= 4 is 5.69 Å². The molecule has 0 aliphatic carbocycles. The van der Waals surface area contributed by atoms with Gasteiger partial charge in [0.15, 0.2) is 0 Å². The lowest BCUT2D eigenvalue weighted by atomic mass is 10.0. The van der Waals surface area contributed by atoms with E-state index in [1.165, 1.54) is 6.07 Å². The van der Waals surface area contributed by atoms with E-state index in [0.717, 1.165) is 37.3 Å². The summed E-state index contributed by atoms with van der Waals surface area (Å²) in [6.45, 7) is 8.72. The fourth-order valence-corrected chi connectivity index (χ4v) is 2.40. The molecule has 20 heavy (non-hydrogen) atoms. The van der Waals surface area contributed by atoms with E-state index in [4.69, 9.17) is 5.11 Å². The van der Waals surface area contributed by atoms with E-state index in [0.29, 0.717) is 6.42 Å². The summed E-state index contributed by atoms with van der Waals surface area (Å²) < 4.78 is 14.2. The summed E-state index contributed by atoms with van der Waals surface area (Å²) in [5, 5.41) is 12.3. The van der Waals surface area contributed by atoms with Gasteiger partial charge in [-0.25, -0.2) is 4.39 Å². The highest BCUT2D eigenvalue weighted by Gasteiger charge is 2.18. The summed E-state index contributed by atoms with van der Waals surface area (Å²) in [7, 11) is 0. The highest BCUT2D eigenvalue weighted by Crippen LogP contribution is 2.29. The second kappa shape index (κ2) is 8.93. The molecule has 0 aliphatic rings. The molecule has 1 aromatic carbocycles. The van der Waals surface area contributed by atoms with Crippen molar-refractivity contribution in [3.8, 4) is 0 Å². The molecule has 1 rings (SSSR count). The molecule has 0 amide bonds. The van der Waals surface area contributed by atoms with Crippen molar-refractivity contribution in [3.63, 3.8) is 0 Å². The van der Waals surface area contributed by atoms with Gasteiger partial charge in [0, 0.05) is 37.0 Å². The lowest BCUT2D eigenvalue weighted by Gasteiger charge is -2.28. The first kappa shape index (κ1) is 16.9. The zero-order chi connectivity index (χ0) is 15.0. The normalized spacial score (nSPS) is 12.4. The average Bonchev–Trinajstić information content (AvgIpc) is 2.45. The van der Waals surface area contributed by atoms with Crippen LogP contribution in [0.15, 0.2) is 18.2 Å². The molecule has 0 bridgehead atoms. The fraction of sp³-hybridized carbons (Fsp3) is 0.625. The van der Waals surface area contributed by atoms with Crippen molar-refractivity contribution in [1.29, 1.82) is 0 Å². The third kappa shape index (κ3) is 4.46. The Labute approximate surface area is 121 Å². The van der Waals surface area contributed by atoms with E-state index < -0.39 is 0 Å². The van der Waals surface area contributed by atoms with Gasteiger partial charge in [-0.3, -0.25) is 0 Å². The van der Waals surface area contributed by atoms with Crippen LogP contribution in [0.25, 0.3) is 0 Å². The van der Waals surface area contributed by atoms with E-state index in [9.17, 15) is 4.39 Å². The van der Waals surface area contributed by atoms with Crippen LogP contribution in [-0.4, -0.2) is 31.3 Å². The Kier molecular flexibility index (Phi) is 7.55. The number of halogens is 1. The van der Waals surface area contributed by atoms with Crippen LogP contribution >= 0.6 is 0 Å². The predicted octanol–water partition coefficient (Wildman–Crippen LogP) is 3.10. The van der Waals surface area contributed by atoms with E-state index >= 15 is 0 Å². The number of hydrogen-bond acceptors (Lipinski definition) is 3. The molecule has 1 aromatic rings. The zero-order valence-electron chi connectivity index (χ0n) is 12.8. The average molecular weight is 282 g/mol. The zero-order valence-corrected chi connectivity index (χ0v) is 12.8. The number of aliphatic hydroxyl groups excluding tert-OH is 1. The second-order valence-corrected chi connectivity index (χ2v) is 5.01. The van der Waals surface area contributed by atoms with Gasteiger partial charge in [-0.15, -0.1) is 0 Å². The number of hydrogen-bond donors (Lipinski definition) is 2. The van der Waals surface area contributed by atoms with E-state index in [2.05, 4.69) is 24.1 Å². The number of rotatable bonds is 9. The van der Waals surface area contributed by atoms with Crippen LogP contribution in [0.1, 0.15) is 45.2 Å². The molecule has 3 nitrogen and oxygen atoms in total. The minimum atomic E-state index is -0.166. The summed E-state index contributed by atoms with van der Waals surface area (Å²) in [4.78, 5) is 2.12. The van der Waals surface area contributed by atoms with Crippen LogP contribution in [0, 0.1) is 5.82 Å². The number of benzene rings is 1. The summed E-state index contributed by atoms with van der Waals surface area (Å²) in [6.07, 6.45) is 1.72. The smallest absolute Gasteiger partial charge is 0.130 e. The number of aliphatic hydroxyl groups is 1. The molecule has 114 valence electrons. The first-order valence-electron chi connectivity index (χ1n) is 7.53. The van der Waals surface area contributed by atoms with Gasteiger partial charge in [0.2, 0.25) is 0 Å². The lowest BCUT2D eigenvalue weighted by Crippen LogP contribution is -2.29. The largest absolute Gasteiger partial charge is 0.396 e. The summed E-state index contributed by atoms with van der Waals surface area (Å²) in [6, 6.07) is 5.21. The molecule has 2 N–H and O–H groups in total. The highest BCUT2D eigenvalue weighted by atomic mass is 19.1. The molecular formula is C16H27FN2O. The maximum atomic E-state index is 14.2. The fourth-order valence-electron chi connectivity index (χ4n) is 2.40. The van der Waals surface area contributed by atoms with Gasteiger partial charge in [-0.05, 0) is 45.4 Å². The number of anilines is 1. The summed E-state index contributed by atoms with van der Waals surface area (Å²) >= 11 is 0. The summed E-state index contributed by atoms with van der Waals surface area (Å²) in [5.41, 5.74) is 1.65. The molecule has 0 aliphatic heterocycles. The molecule has 0 aromatic heterocycles. The topological polar surface area (TPSA) is 35.5 Å². The van der Waals surface area contributed by atoms with Crippen molar-refractivity contribution in [1.82, 2.24) is 5.32 Å². The quantitative estimate of drug-likeness (QED) is 0.730. The Morgan fingerprint density at radius 1 is 1.35 bits per heavy atom. The molecule has 1 unspecified atom stereocenters. The van der Waals surface area contributed by atoms with Crippen LogP contribution < -0.4 is 10.2 Å². The van der Waals surface area contributed by atoms with Gasteiger partial charge >= 0.3 is 0 Å². The first-order valence-corrected chi connectivity index (χ1v) is 7.53. The van der Waals surface area contributed by atoms with Crippen LogP contribution in [0.5, 0.6) is 0 Å². The Morgan fingerprint density at radius 2 is 2.10 bits per heavy atom. The molecule has 0 saturated carbocycles. The maximum absolute atomic E-state index is 14.2. The first-order chi connectivity index (χ1) is 9.65. The summed E-state index contributed by atoms with van der Waals surface area (Å²) in [5.74, 6) is -0.166. The maximum Gasteiger partial charge on any atom is 0.130 e. The van der Waals surface area contributed by atoms with Crippen molar-refractivity contribution in [2.24, 2.45) is 0 Å². The van der Waals surface area contributed by atoms with Gasteiger partial charge in [0.1, 0.15) is 5.82 Å². The highest BCUT2D eigenvalue weighted by molar-refractivity contribution is 5.55. The van der Waals surface area contributed by atoms with Crippen molar-refractivity contribution in [2.75, 3.05) is 31.1 Å². The van der Waals surface area contributed by atoms with Crippen LogP contribution in [0.3, 0.4) is 0 Å². The Hall–Kier alpha value is -1.13. The van der Waals surface area contributed by atoms with Crippen molar-refractivity contribution in [3.05, 3.63) is 29.6 Å². The molecule has 0 radical (unpaired) electrons. The van der Waals surface area contributed by atoms with Gasteiger partial charge in [-0.2, -0.15) is 0 Å². The molecule has 1 atom stereocenters. The second-order valence-electron chi connectivity index (χ2n) is 5.01. The molecule has 0 heterocycles. The minimum Gasteiger partial charge on any atom is -0.396 e. The minimum absolute atomic E-state index is 0.0191. The molecular weight excluding hydrogens is 255 g/mol. The standard InChI is InChI=1S/C16H27FN2O/c1-4-10-18-13(3)16-14(17)8-6-9-15(16)19(5-2)11-7-12-20/h6,8-9,13,18,20H,4-5,7,10-12H2,1-3H3.